The monoisotopic (exact) mass is 310 g/mol. The van der Waals surface area contributed by atoms with Crippen molar-refractivity contribution in [3.05, 3.63) is 77.9 Å². The van der Waals surface area contributed by atoms with Crippen molar-refractivity contribution in [2.45, 2.75) is 11.3 Å². The van der Waals surface area contributed by atoms with Gasteiger partial charge < -0.3 is 5.11 Å². The van der Waals surface area contributed by atoms with Crippen LogP contribution in [-0.4, -0.2) is 11.4 Å². The van der Waals surface area contributed by atoms with E-state index in [1.807, 2.05) is 48.6 Å². The van der Waals surface area contributed by atoms with Crippen LogP contribution in [0.5, 0.6) is 5.75 Å². The maximum atomic E-state index is 10.8. The highest BCUT2D eigenvalue weighted by atomic mass is 35.5. The van der Waals surface area contributed by atoms with Gasteiger partial charge >= 0.3 is 0 Å². The van der Waals surface area contributed by atoms with Gasteiger partial charge in [0.15, 0.2) is 0 Å². The lowest BCUT2D eigenvalue weighted by Crippen LogP contribution is -2.18. The van der Waals surface area contributed by atoms with Crippen LogP contribution in [0.2, 0.25) is 0 Å². The van der Waals surface area contributed by atoms with Gasteiger partial charge in [-0.05, 0) is 35.2 Å². The van der Waals surface area contributed by atoms with E-state index in [-0.39, 0.29) is 5.75 Å². The summed E-state index contributed by atoms with van der Waals surface area (Å²) in [5.41, 5.74) is 3.65. The van der Waals surface area contributed by atoms with E-state index in [0.717, 1.165) is 23.0 Å². The lowest BCUT2D eigenvalue weighted by atomic mass is 9.84. The number of aldehydes is 1. The average Bonchev–Trinajstić information content (AvgIpc) is 2.56. The second kappa shape index (κ2) is 5.82. The molecule has 0 radical (unpaired) electrons. The van der Waals surface area contributed by atoms with E-state index in [4.69, 9.17) is 11.6 Å². The highest BCUT2D eigenvalue weighted by Crippen LogP contribution is 2.42. The highest BCUT2D eigenvalue weighted by molar-refractivity contribution is 6.26. The second-order valence-electron chi connectivity index (χ2n) is 5.31. The van der Waals surface area contributed by atoms with Crippen LogP contribution in [0.25, 0.3) is 11.1 Å². The SMILES string of the molecule is O=CC1=CCC(Cl)(c2ccccc2-c2ccc(O)cc2)C=C1. The molecule has 0 aliphatic heterocycles. The summed E-state index contributed by atoms with van der Waals surface area (Å²) in [5, 5.41) is 9.45. The largest absolute Gasteiger partial charge is 0.508 e. The Morgan fingerprint density at radius 2 is 1.82 bits per heavy atom. The average molecular weight is 311 g/mol. The molecule has 0 bridgehead atoms. The number of allylic oxidation sites excluding steroid dienone is 4. The number of carbonyl (C=O) groups excluding carboxylic acids is 1. The molecule has 0 aromatic heterocycles. The first-order chi connectivity index (χ1) is 10.6. The third-order valence-corrected chi connectivity index (χ3v) is 4.35. The molecule has 0 fully saturated rings. The zero-order chi connectivity index (χ0) is 15.6. The van der Waals surface area contributed by atoms with Gasteiger partial charge in [-0.25, -0.2) is 0 Å². The van der Waals surface area contributed by atoms with Crippen LogP contribution in [0, 0.1) is 0 Å². The number of hydrogen-bond acceptors (Lipinski definition) is 2. The first-order valence-corrected chi connectivity index (χ1v) is 7.42. The van der Waals surface area contributed by atoms with Gasteiger partial charge in [-0.3, -0.25) is 4.79 Å². The van der Waals surface area contributed by atoms with E-state index in [0.29, 0.717) is 12.0 Å². The Morgan fingerprint density at radius 1 is 1.09 bits per heavy atom. The Balaban J connectivity index is 2.06. The Bertz CT molecular complexity index is 759. The van der Waals surface area contributed by atoms with Crippen LogP contribution in [0.1, 0.15) is 12.0 Å². The molecule has 1 N–H and O–H groups in total. The minimum absolute atomic E-state index is 0.234. The molecule has 1 atom stereocenters. The van der Waals surface area contributed by atoms with Gasteiger partial charge in [-0.15, -0.1) is 11.6 Å². The number of halogens is 1. The topological polar surface area (TPSA) is 37.3 Å². The van der Waals surface area contributed by atoms with Crippen LogP contribution in [0.3, 0.4) is 0 Å². The third-order valence-electron chi connectivity index (χ3n) is 3.86. The first-order valence-electron chi connectivity index (χ1n) is 7.05. The van der Waals surface area contributed by atoms with Crippen molar-refractivity contribution in [1.29, 1.82) is 0 Å². The lowest BCUT2D eigenvalue weighted by Gasteiger charge is -2.28. The van der Waals surface area contributed by atoms with Crippen molar-refractivity contribution in [2.24, 2.45) is 0 Å². The van der Waals surface area contributed by atoms with E-state index in [2.05, 4.69) is 0 Å². The maximum absolute atomic E-state index is 10.8. The number of alkyl halides is 1. The molecule has 3 rings (SSSR count). The van der Waals surface area contributed by atoms with Crippen molar-refractivity contribution in [3.63, 3.8) is 0 Å². The van der Waals surface area contributed by atoms with Crippen LogP contribution in [-0.2, 0) is 9.67 Å². The standard InChI is InChI=1S/C19H15ClO2/c20-19(11-9-14(13-21)10-12-19)18-4-2-1-3-17(18)15-5-7-16(22)8-6-15/h1-11,13,22H,12H2. The number of benzene rings is 2. The molecular weight excluding hydrogens is 296 g/mol. The zero-order valence-electron chi connectivity index (χ0n) is 11.9. The highest BCUT2D eigenvalue weighted by Gasteiger charge is 2.30. The fraction of sp³-hybridized carbons (Fsp3) is 0.105. The summed E-state index contributed by atoms with van der Waals surface area (Å²) in [6.07, 6.45) is 6.88. The summed E-state index contributed by atoms with van der Waals surface area (Å²) in [7, 11) is 0. The summed E-state index contributed by atoms with van der Waals surface area (Å²) in [5.74, 6) is 0.234. The minimum atomic E-state index is -0.666. The van der Waals surface area contributed by atoms with Gasteiger partial charge in [0.25, 0.3) is 0 Å². The van der Waals surface area contributed by atoms with Crippen LogP contribution < -0.4 is 0 Å². The van der Waals surface area contributed by atoms with Crippen LogP contribution >= 0.6 is 11.6 Å². The molecule has 0 spiro atoms. The number of hydrogen-bond donors (Lipinski definition) is 1. The molecule has 1 unspecified atom stereocenters. The van der Waals surface area contributed by atoms with Gasteiger partial charge in [0.1, 0.15) is 12.0 Å². The molecule has 3 heteroatoms. The summed E-state index contributed by atoms with van der Waals surface area (Å²) < 4.78 is 0. The van der Waals surface area contributed by atoms with Crippen molar-refractivity contribution in [3.8, 4) is 16.9 Å². The molecule has 2 aromatic rings. The Kier molecular flexibility index (Phi) is 3.86. The molecule has 2 aromatic carbocycles. The fourth-order valence-corrected chi connectivity index (χ4v) is 2.96. The van der Waals surface area contributed by atoms with E-state index in [9.17, 15) is 9.90 Å². The molecule has 0 amide bonds. The van der Waals surface area contributed by atoms with E-state index in [1.165, 1.54) is 0 Å². The van der Waals surface area contributed by atoms with E-state index < -0.39 is 4.87 Å². The zero-order valence-corrected chi connectivity index (χ0v) is 12.6. The van der Waals surface area contributed by atoms with Crippen LogP contribution in [0.15, 0.2) is 72.3 Å². The van der Waals surface area contributed by atoms with Crippen LogP contribution in [0.4, 0.5) is 0 Å². The number of phenolic OH excluding ortho intramolecular Hbond substituents is 1. The minimum Gasteiger partial charge on any atom is -0.508 e. The molecule has 1 aliphatic carbocycles. The summed E-state index contributed by atoms with van der Waals surface area (Å²) in [6, 6.07) is 15.0. The molecule has 0 saturated heterocycles. The van der Waals surface area contributed by atoms with Gasteiger partial charge in [0.2, 0.25) is 0 Å². The van der Waals surface area contributed by atoms with E-state index in [1.54, 1.807) is 18.2 Å². The Labute approximate surface area is 134 Å². The normalized spacial score (nSPS) is 20.5. The smallest absolute Gasteiger partial charge is 0.149 e. The number of carbonyl (C=O) groups is 1. The quantitative estimate of drug-likeness (QED) is 0.665. The number of rotatable bonds is 3. The first kappa shape index (κ1) is 14.6. The predicted molar refractivity (Wildman–Crippen MR) is 89.0 cm³/mol. The van der Waals surface area contributed by atoms with Crippen molar-refractivity contribution >= 4 is 17.9 Å². The van der Waals surface area contributed by atoms with Gasteiger partial charge in [-0.2, -0.15) is 0 Å². The fourth-order valence-electron chi connectivity index (χ4n) is 2.66. The van der Waals surface area contributed by atoms with Gasteiger partial charge in [0.05, 0.1) is 4.87 Å². The predicted octanol–water partition coefficient (Wildman–Crippen LogP) is 4.58. The number of phenols is 1. The van der Waals surface area contributed by atoms with E-state index >= 15 is 0 Å². The summed E-state index contributed by atoms with van der Waals surface area (Å²) in [4.78, 5) is 10.2. The molecule has 1 aliphatic rings. The van der Waals surface area contributed by atoms with Gasteiger partial charge in [-0.1, -0.05) is 54.6 Å². The van der Waals surface area contributed by atoms with Gasteiger partial charge in [0, 0.05) is 5.57 Å². The lowest BCUT2D eigenvalue weighted by molar-refractivity contribution is -0.104. The maximum Gasteiger partial charge on any atom is 0.149 e. The molecule has 2 nitrogen and oxygen atoms in total. The molecule has 110 valence electrons. The Morgan fingerprint density at radius 3 is 2.45 bits per heavy atom. The second-order valence-corrected chi connectivity index (χ2v) is 5.99. The van der Waals surface area contributed by atoms with Crippen molar-refractivity contribution in [1.82, 2.24) is 0 Å². The summed E-state index contributed by atoms with van der Waals surface area (Å²) in [6.45, 7) is 0. The molecule has 0 heterocycles. The molecular formula is C19H15ClO2. The molecule has 22 heavy (non-hydrogen) atoms. The summed E-state index contributed by atoms with van der Waals surface area (Å²) >= 11 is 6.81. The Hall–Kier alpha value is -2.32. The third kappa shape index (κ3) is 2.70. The van der Waals surface area contributed by atoms with Crippen molar-refractivity contribution in [2.75, 3.05) is 0 Å². The molecule has 0 saturated carbocycles. The van der Waals surface area contributed by atoms with Crippen molar-refractivity contribution < 1.29 is 9.90 Å². The number of aromatic hydroxyl groups is 1.